The normalized spacial score (nSPS) is 14.1. The van der Waals surface area contributed by atoms with Crippen molar-refractivity contribution in [3.8, 4) is 0 Å². The minimum absolute atomic E-state index is 0.00321. The van der Waals surface area contributed by atoms with Crippen LogP contribution in [0.25, 0.3) is 0 Å². The van der Waals surface area contributed by atoms with E-state index in [2.05, 4.69) is 36.9 Å². The Morgan fingerprint density at radius 1 is 0.862 bits per heavy atom. The molecule has 2 aromatic rings. The van der Waals surface area contributed by atoms with Gasteiger partial charge < -0.3 is 14.7 Å². The topological polar surface area (TPSA) is 43.9 Å². The number of benzene rings is 2. The van der Waals surface area contributed by atoms with E-state index in [4.69, 9.17) is 0 Å². The standard InChI is InChI=1S/C24H31N3O2/c1-17-8-7-11-22(20(17)4)25-12-14-26(15-13-25)23(29)16-27(21(5)28)24-18(2)9-6-10-19(24)3/h6-11H,12-16H2,1-5H3. The lowest BCUT2D eigenvalue weighted by molar-refractivity contribution is -0.131. The van der Waals surface area contributed by atoms with E-state index in [0.717, 1.165) is 29.9 Å². The highest BCUT2D eigenvalue weighted by molar-refractivity contribution is 5.98. The lowest BCUT2D eigenvalue weighted by atomic mass is 10.1. The Balaban J connectivity index is 1.68. The van der Waals surface area contributed by atoms with Crippen molar-refractivity contribution in [2.75, 3.05) is 42.5 Å². The van der Waals surface area contributed by atoms with Gasteiger partial charge in [-0.15, -0.1) is 0 Å². The van der Waals surface area contributed by atoms with Gasteiger partial charge in [0.1, 0.15) is 6.54 Å². The molecule has 5 nitrogen and oxygen atoms in total. The number of carbonyl (C=O) groups is 2. The van der Waals surface area contributed by atoms with E-state index in [0.29, 0.717) is 13.1 Å². The number of piperazine rings is 1. The molecule has 2 amide bonds. The number of nitrogens with zero attached hydrogens (tertiary/aromatic N) is 3. The molecule has 1 aliphatic rings. The fraction of sp³-hybridized carbons (Fsp3) is 0.417. The Morgan fingerprint density at radius 3 is 2.00 bits per heavy atom. The smallest absolute Gasteiger partial charge is 0.242 e. The molecule has 1 aliphatic heterocycles. The highest BCUT2D eigenvalue weighted by atomic mass is 16.2. The van der Waals surface area contributed by atoms with E-state index < -0.39 is 0 Å². The van der Waals surface area contributed by atoms with Crippen molar-refractivity contribution in [2.45, 2.75) is 34.6 Å². The largest absolute Gasteiger partial charge is 0.368 e. The second kappa shape index (κ2) is 8.68. The molecule has 0 atom stereocenters. The highest BCUT2D eigenvalue weighted by Crippen LogP contribution is 2.26. The zero-order chi connectivity index (χ0) is 21.1. The molecule has 0 N–H and O–H groups in total. The zero-order valence-electron chi connectivity index (χ0n) is 18.2. The summed E-state index contributed by atoms with van der Waals surface area (Å²) in [5.41, 5.74) is 6.69. The van der Waals surface area contributed by atoms with Crippen LogP contribution >= 0.6 is 0 Å². The Labute approximate surface area is 173 Å². The monoisotopic (exact) mass is 393 g/mol. The molecule has 0 aliphatic carbocycles. The molecule has 0 bridgehead atoms. The Bertz CT molecular complexity index is 894. The second-order valence-electron chi connectivity index (χ2n) is 7.93. The molecule has 29 heavy (non-hydrogen) atoms. The van der Waals surface area contributed by atoms with E-state index in [1.54, 1.807) is 4.90 Å². The molecular weight excluding hydrogens is 362 g/mol. The molecule has 154 valence electrons. The number of para-hydroxylation sites is 1. The third-order valence-electron chi connectivity index (χ3n) is 5.93. The summed E-state index contributed by atoms with van der Waals surface area (Å²) in [4.78, 5) is 31.1. The van der Waals surface area contributed by atoms with Crippen LogP contribution in [0.5, 0.6) is 0 Å². The van der Waals surface area contributed by atoms with Crippen LogP contribution in [0.3, 0.4) is 0 Å². The first-order chi connectivity index (χ1) is 13.8. The van der Waals surface area contributed by atoms with Gasteiger partial charge in [0, 0.05) is 38.8 Å². The summed E-state index contributed by atoms with van der Waals surface area (Å²) in [6.45, 7) is 12.8. The first-order valence-electron chi connectivity index (χ1n) is 10.2. The van der Waals surface area contributed by atoms with Crippen LogP contribution in [0.2, 0.25) is 0 Å². The van der Waals surface area contributed by atoms with Gasteiger partial charge in [-0.05, 0) is 56.0 Å². The van der Waals surface area contributed by atoms with Gasteiger partial charge in [0.15, 0.2) is 0 Å². The Morgan fingerprint density at radius 2 is 1.41 bits per heavy atom. The maximum absolute atomic E-state index is 13.0. The molecule has 0 saturated carbocycles. The van der Waals surface area contributed by atoms with Crippen molar-refractivity contribution < 1.29 is 9.59 Å². The molecule has 0 spiro atoms. The summed E-state index contributed by atoms with van der Waals surface area (Å²) in [7, 11) is 0. The molecule has 1 heterocycles. The van der Waals surface area contributed by atoms with Crippen molar-refractivity contribution in [2.24, 2.45) is 0 Å². The van der Waals surface area contributed by atoms with Gasteiger partial charge in [0.05, 0.1) is 5.69 Å². The minimum Gasteiger partial charge on any atom is -0.368 e. The van der Waals surface area contributed by atoms with Gasteiger partial charge in [-0.25, -0.2) is 0 Å². The number of anilines is 2. The molecule has 2 aromatic carbocycles. The van der Waals surface area contributed by atoms with Crippen molar-refractivity contribution in [1.82, 2.24) is 4.90 Å². The highest BCUT2D eigenvalue weighted by Gasteiger charge is 2.26. The average molecular weight is 394 g/mol. The summed E-state index contributed by atoms with van der Waals surface area (Å²) < 4.78 is 0. The minimum atomic E-state index is -0.107. The van der Waals surface area contributed by atoms with Gasteiger partial charge >= 0.3 is 0 Å². The van der Waals surface area contributed by atoms with Crippen LogP contribution in [-0.4, -0.2) is 49.4 Å². The summed E-state index contributed by atoms with van der Waals surface area (Å²) in [6, 6.07) is 12.3. The lowest BCUT2D eigenvalue weighted by Gasteiger charge is -2.38. The van der Waals surface area contributed by atoms with E-state index in [-0.39, 0.29) is 18.4 Å². The first-order valence-corrected chi connectivity index (χ1v) is 10.2. The molecule has 1 fully saturated rings. The molecular formula is C24H31N3O2. The van der Waals surface area contributed by atoms with Gasteiger partial charge in [0.2, 0.25) is 11.8 Å². The van der Waals surface area contributed by atoms with Gasteiger partial charge in [0.25, 0.3) is 0 Å². The number of amides is 2. The maximum atomic E-state index is 13.0. The third kappa shape index (κ3) is 4.44. The van der Waals surface area contributed by atoms with Crippen LogP contribution < -0.4 is 9.80 Å². The van der Waals surface area contributed by atoms with Gasteiger partial charge in [-0.3, -0.25) is 9.59 Å². The SMILES string of the molecule is CC(=O)N(CC(=O)N1CCN(c2cccc(C)c2C)CC1)c1c(C)cccc1C. The van der Waals surface area contributed by atoms with E-state index >= 15 is 0 Å². The maximum Gasteiger partial charge on any atom is 0.242 e. The number of hydrogen-bond acceptors (Lipinski definition) is 3. The number of carbonyl (C=O) groups excluding carboxylic acids is 2. The van der Waals surface area contributed by atoms with Crippen molar-refractivity contribution in [3.63, 3.8) is 0 Å². The molecule has 5 heteroatoms. The summed E-state index contributed by atoms with van der Waals surface area (Å²) in [6.07, 6.45) is 0. The van der Waals surface area contributed by atoms with Crippen LogP contribution in [0.4, 0.5) is 11.4 Å². The van der Waals surface area contributed by atoms with E-state index in [1.165, 1.54) is 23.7 Å². The fourth-order valence-corrected chi connectivity index (χ4v) is 4.09. The molecule has 3 rings (SSSR count). The molecule has 1 saturated heterocycles. The Kier molecular flexibility index (Phi) is 6.26. The fourth-order valence-electron chi connectivity index (χ4n) is 4.09. The van der Waals surface area contributed by atoms with Gasteiger partial charge in [-0.1, -0.05) is 30.3 Å². The number of aryl methyl sites for hydroxylation is 3. The number of hydrogen-bond donors (Lipinski definition) is 0. The van der Waals surface area contributed by atoms with E-state index in [9.17, 15) is 9.59 Å². The molecule has 0 unspecified atom stereocenters. The Hall–Kier alpha value is -2.82. The zero-order valence-corrected chi connectivity index (χ0v) is 18.2. The van der Waals surface area contributed by atoms with Crippen LogP contribution in [0.15, 0.2) is 36.4 Å². The lowest BCUT2D eigenvalue weighted by Crippen LogP contribution is -2.52. The van der Waals surface area contributed by atoms with Crippen molar-refractivity contribution in [3.05, 3.63) is 58.7 Å². The van der Waals surface area contributed by atoms with E-state index in [1.807, 2.05) is 36.9 Å². The van der Waals surface area contributed by atoms with Gasteiger partial charge in [-0.2, -0.15) is 0 Å². The third-order valence-corrected chi connectivity index (χ3v) is 5.93. The first kappa shape index (κ1) is 20.9. The van der Waals surface area contributed by atoms with Crippen molar-refractivity contribution in [1.29, 1.82) is 0 Å². The average Bonchev–Trinajstić information content (AvgIpc) is 2.69. The molecule has 0 aromatic heterocycles. The summed E-state index contributed by atoms with van der Waals surface area (Å²) in [5.74, 6) is -0.103. The van der Waals surface area contributed by atoms with Crippen LogP contribution in [0, 0.1) is 27.7 Å². The summed E-state index contributed by atoms with van der Waals surface area (Å²) in [5, 5.41) is 0. The summed E-state index contributed by atoms with van der Waals surface area (Å²) >= 11 is 0. The number of rotatable bonds is 4. The second-order valence-corrected chi connectivity index (χ2v) is 7.93. The van der Waals surface area contributed by atoms with Crippen LogP contribution in [-0.2, 0) is 9.59 Å². The quantitative estimate of drug-likeness (QED) is 0.797. The van der Waals surface area contributed by atoms with Crippen molar-refractivity contribution >= 4 is 23.2 Å². The predicted octanol–water partition coefficient (Wildman–Crippen LogP) is 3.62. The van der Waals surface area contributed by atoms with Crippen LogP contribution in [0.1, 0.15) is 29.2 Å². The molecule has 0 radical (unpaired) electrons. The predicted molar refractivity (Wildman–Crippen MR) is 119 cm³/mol.